The molecule has 3 heterocycles. The molecule has 0 aromatic carbocycles. The summed E-state index contributed by atoms with van der Waals surface area (Å²) in [7, 11) is 0. The van der Waals surface area contributed by atoms with Crippen molar-refractivity contribution in [3.8, 4) is 0 Å². The fourth-order valence-corrected chi connectivity index (χ4v) is 2.96. The summed E-state index contributed by atoms with van der Waals surface area (Å²) in [6, 6.07) is 0. The van der Waals surface area contributed by atoms with Gasteiger partial charge in [0, 0.05) is 32.4 Å². The van der Waals surface area contributed by atoms with Crippen LogP contribution in [0.25, 0.3) is 0 Å². The topological polar surface area (TPSA) is 9.14 Å². The van der Waals surface area contributed by atoms with E-state index in [0.29, 0.717) is 0 Å². The maximum Gasteiger partial charge on any atom is 0.189 e. The highest BCUT2D eigenvalue weighted by molar-refractivity contribution is 4.90. The highest BCUT2D eigenvalue weighted by Crippen LogP contribution is 2.31. The molecule has 0 amide bonds. The second-order valence-electron chi connectivity index (χ2n) is 4.42. The Labute approximate surface area is 81.9 Å². The van der Waals surface area contributed by atoms with E-state index < -0.39 is 0 Å². The van der Waals surface area contributed by atoms with Crippen molar-refractivity contribution in [3.63, 3.8) is 0 Å². The van der Waals surface area contributed by atoms with Gasteiger partial charge >= 0.3 is 0 Å². The van der Waals surface area contributed by atoms with E-state index in [-0.39, 0.29) is 0 Å². The predicted octanol–water partition coefficient (Wildman–Crippen LogP) is 1.61. The van der Waals surface area contributed by atoms with E-state index in [1.54, 1.807) is 0 Å². The molecule has 2 bridgehead atoms. The van der Waals surface area contributed by atoms with Gasteiger partial charge in [-0.2, -0.15) is 4.90 Å². The van der Waals surface area contributed by atoms with Crippen molar-refractivity contribution in [2.75, 3.05) is 26.2 Å². The Hall–Kier alpha value is -0.0800. The van der Waals surface area contributed by atoms with Crippen molar-refractivity contribution in [1.82, 2.24) is 9.80 Å². The van der Waals surface area contributed by atoms with E-state index in [4.69, 9.17) is 0 Å². The number of hydrogen-bond donors (Lipinski definition) is 0. The molecule has 0 aromatic rings. The number of nitrogens with zero attached hydrogens (tertiary/aromatic N) is 2. The maximum absolute atomic E-state index is 2.69. The van der Waals surface area contributed by atoms with E-state index in [1.165, 1.54) is 45.4 Å². The summed E-state index contributed by atoms with van der Waals surface area (Å²) in [5, 5.41) is 0. The van der Waals surface area contributed by atoms with E-state index in [9.17, 15) is 0 Å². The molecule has 3 fully saturated rings. The Morgan fingerprint density at radius 3 is 2.15 bits per heavy atom. The monoisotopic (exact) mass is 182 g/mol. The lowest BCUT2D eigenvalue weighted by atomic mass is 9.86. The van der Waals surface area contributed by atoms with E-state index in [2.05, 4.69) is 23.6 Å². The van der Waals surface area contributed by atoms with E-state index >= 15 is 0 Å². The molecule has 0 saturated carbocycles. The summed E-state index contributed by atoms with van der Waals surface area (Å²) >= 11 is 0. The van der Waals surface area contributed by atoms with Gasteiger partial charge in [0.25, 0.3) is 0 Å². The normalized spacial score (nSPS) is 38.5. The van der Waals surface area contributed by atoms with Crippen molar-refractivity contribution in [1.29, 1.82) is 0 Å². The van der Waals surface area contributed by atoms with Gasteiger partial charge in [0.1, 0.15) is 13.1 Å². The molecule has 0 aromatic heterocycles. The molecule has 2 heteroatoms. The SMILES string of the molecule is CCN(CC)C1CC2CC[N+]1CC2. The number of fused-ring (bicyclic) bond motifs is 3. The summed E-state index contributed by atoms with van der Waals surface area (Å²) in [6.07, 6.45) is 5.12. The third kappa shape index (κ3) is 1.75. The van der Waals surface area contributed by atoms with Gasteiger partial charge in [-0.15, -0.1) is 0 Å². The summed E-state index contributed by atoms with van der Waals surface area (Å²) in [5.74, 6) is 1.04. The molecular weight excluding hydrogens is 160 g/mol. The quantitative estimate of drug-likeness (QED) is 0.602. The maximum atomic E-state index is 2.69. The zero-order valence-electron chi connectivity index (χ0n) is 9.00. The molecule has 3 saturated heterocycles. The third-order valence-corrected chi connectivity index (χ3v) is 3.85. The summed E-state index contributed by atoms with van der Waals surface area (Å²) in [6.45, 7) is 9.70. The lowest BCUT2D eigenvalue weighted by Crippen LogP contribution is -2.60. The van der Waals surface area contributed by atoms with Crippen LogP contribution >= 0.6 is 0 Å². The number of rotatable bonds is 3. The first-order valence-corrected chi connectivity index (χ1v) is 5.83. The van der Waals surface area contributed by atoms with Gasteiger partial charge in [-0.05, 0) is 5.92 Å². The molecule has 3 aliphatic rings. The second-order valence-corrected chi connectivity index (χ2v) is 4.42. The minimum absolute atomic E-state index is 0.780. The summed E-state index contributed by atoms with van der Waals surface area (Å²) < 4.78 is 0. The zero-order valence-corrected chi connectivity index (χ0v) is 9.00. The first-order valence-electron chi connectivity index (χ1n) is 5.83. The van der Waals surface area contributed by atoms with Crippen molar-refractivity contribution in [3.05, 3.63) is 0 Å². The van der Waals surface area contributed by atoms with Gasteiger partial charge < -0.3 is 0 Å². The van der Waals surface area contributed by atoms with Crippen LogP contribution in [-0.4, -0.2) is 37.2 Å². The second kappa shape index (κ2) is 3.97. The number of hydrogen-bond acceptors (Lipinski definition) is 2. The molecule has 3 rings (SSSR count). The van der Waals surface area contributed by atoms with Crippen molar-refractivity contribution in [2.24, 2.45) is 5.92 Å². The average Bonchev–Trinajstić information content (AvgIpc) is 2.22. The highest BCUT2D eigenvalue weighted by Gasteiger charge is 2.43. The van der Waals surface area contributed by atoms with Gasteiger partial charge in [-0.1, -0.05) is 13.8 Å². The lowest BCUT2D eigenvalue weighted by Gasteiger charge is -2.41. The van der Waals surface area contributed by atoms with Crippen LogP contribution in [0.3, 0.4) is 0 Å². The molecule has 3 aliphatic heterocycles. The van der Waals surface area contributed by atoms with Crippen molar-refractivity contribution in [2.45, 2.75) is 39.3 Å². The fraction of sp³-hybridized carbons (Fsp3) is 1.00. The van der Waals surface area contributed by atoms with Crippen LogP contribution in [0.5, 0.6) is 0 Å². The number of piperidine rings is 3. The van der Waals surface area contributed by atoms with E-state index in [1.807, 2.05) is 0 Å². The van der Waals surface area contributed by atoms with Gasteiger partial charge in [0.05, 0.1) is 0 Å². The molecule has 0 aliphatic carbocycles. The average molecular weight is 182 g/mol. The van der Waals surface area contributed by atoms with Crippen molar-refractivity contribution >= 4 is 0 Å². The molecule has 75 valence electrons. The van der Waals surface area contributed by atoms with Gasteiger partial charge in [0.2, 0.25) is 0 Å². The summed E-state index contributed by atoms with van der Waals surface area (Å²) in [4.78, 5) is 5.30. The van der Waals surface area contributed by atoms with Crippen LogP contribution in [0.4, 0.5) is 0 Å². The highest BCUT2D eigenvalue weighted by atomic mass is 15.4. The van der Waals surface area contributed by atoms with Gasteiger partial charge in [-0.25, -0.2) is 0 Å². The molecule has 13 heavy (non-hydrogen) atoms. The Morgan fingerprint density at radius 2 is 1.77 bits per heavy atom. The molecule has 1 atom stereocenters. The molecular formula is C11H22N2+. The van der Waals surface area contributed by atoms with Crippen LogP contribution in [0.2, 0.25) is 0 Å². The largest absolute Gasteiger partial charge is 0.251 e. The Bertz CT molecular complexity index is 155. The minimum atomic E-state index is 0.780. The van der Waals surface area contributed by atoms with Crippen LogP contribution in [-0.2, 0) is 0 Å². The summed E-state index contributed by atoms with van der Waals surface area (Å²) in [5.41, 5.74) is 0. The first kappa shape index (κ1) is 9.47. The van der Waals surface area contributed by atoms with Crippen LogP contribution in [0.15, 0.2) is 0 Å². The van der Waals surface area contributed by atoms with Gasteiger partial charge in [-0.3, -0.25) is 4.90 Å². The lowest BCUT2D eigenvalue weighted by molar-refractivity contribution is 0.0209. The predicted molar refractivity (Wildman–Crippen MR) is 55.9 cm³/mol. The first-order chi connectivity index (χ1) is 6.35. The molecule has 2 nitrogen and oxygen atoms in total. The zero-order chi connectivity index (χ0) is 9.26. The van der Waals surface area contributed by atoms with Crippen LogP contribution in [0.1, 0.15) is 33.1 Å². The molecule has 1 unspecified atom stereocenters. The third-order valence-electron chi connectivity index (χ3n) is 3.85. The van der Waals surface area contributed by atoms with Crippen molar-refractivity contribution < 1.29 is 0 Å². The van der Waals surface area contributed by atoms with E-state index in [0.717, 1.165) is 12.1 Å². The fourth-order valence-electron chi connectivity index (χ4n) is 2.96. The van der Waals surface area contributed by atoms with Gasteiger partial charge in [0.15, 0.2) is 6.17 Å². The minimum Gasteiger partial charge on any atom is -0.251 e. The molecule has 0 spiro atoms. The Balaban J connectivity index is 1.99. The van der Waals surface area contributed by atoms with Crippen LogP contribution in [0, 0.1) is 5.92 Å². The van der Waals surface area contributed by atoms with Crippen LogP contribution < -0.4 is 4.90 Å². The molecule has 1 radical (unpaired) electrons. The Kier molecular flexibility index (Phi) is 2.89. The standard InChI is InChI=1S/C11H22N2/c1-3-12(4-2)11-9-10-5-7-13(11)8-6-10/h10-11H,3-9H2,1-2H3/q+1. The Morgan fingerprint density at radius 1 is 1.15 bits per heavy atom. The molecule has 0 N–H and O–H groups in total. The smallest absolute Gasteiger partial charge is 0.189 e.